The molecule has 0 heterocycles. The highest BCUT2D eigenvalue weighted by Crippen LogP contribution is 2.11. The number of anilines is 2. The second-order valence-electron chi connectivity index (χ2n) is 5.14. The van der Waals surface area contributed by atoms with Crippen LogP contribution in [0.1, 0.15) is 15.9 Å². The fourth-order valence-corrected chi connectivity index (χ4v) is 1.89. The SMILES string of the molecule is C=CNc1cccc(C=N)c1.CNC(=O)c1ccc(N(C)C)cc1. The molecule has 0 aliphatic carbocycles. The second-order valence-corrected chi connectivity index (χ2v) is 5.14. The predicted octanol–water partition coefficient (Wildman–Crippen LogP) is 3.35. The van der Waals surface area contributed by atoms with Crippen molar-refractivity contribution in [3.8, 4) is 0 Å². The summed E-state index contributed by atoms with van der Waals surface area (Å²) in [5.74, 6) is -0.0506. The third kappa shape index (κ3) is 5.96. The molecule has 0 unspecified atom stereocenters. The Bertz CT molecular complexity index is 678. The van der Waals surface area contributed by atoms with Crippen LogP contribution in [0.15, 0.2) is 61.3 Å². The Hall–Kier alpha value is -3.08. The van der Waals surface area contributed by atoms with Crippen molar-refractivity contribution in [1.29, 1.82) is 5.41 Å². The average Bonchev–Trinajstić information content (AvgIpc) is 2.62. The van der Waals surface area contributed by atoms with Crippen molar-refractivity contribution in [2.75, 3.05) is 31.4 Å². The first-order valence-electron chi connectivity index (χ1n) is 7.49. The van der Waals surface area contributed by atoms with Crippen LogP contribution in [-0.2, 0) is 0 Å². The third-order valence-corrected chi connectivity index (χ3v) is 3.19. The zero-order valence-electron chi connectivity index (χ0n) is 14.3. The average molecular weight is 324 g/mol. The lowest BCUT2D eigenvalue weighted by Gasteiger charge is -2.12. The number of hydrogen-bond donors (Lipinski definition) is 3. The molecule has 0 spiro atoms. The molecule has 2 aromatic carbocycles. The number of carbonyl (C=O) groups excluding carboxylic acids is 1. The molecule has 24 heavy (non-hydrogen) atoms. The second kappa shape index (κ2) is 9.84. The zero-order chi connectivity index (χ0) is 17.9. The molecule has 5 nitrogen and oxygen atoms in total. The number of amides is 1. The Kier molecular flexibility index (Phi) is 7.78. The molecule has 0 aliphatic heterocycles. The summed E-state index contributed by atoms with van der Waals surface area (Å²) in [5, 5.41) is 12.5. The molecule has 0 aromatic heterocycles. The van der Waals surface area contributed by atoms with Crippen LogP contribution in [0, 0.1) is 5.41 Å². The molecule has 0 saturated heterocycles. The number of rotatable bonds is 5. The summed E-state index contributed by atoms with van der Waals surface area (Å²) in [4.78, 5) is 13.2. The van der Waals surface area contributed by atoms with Gasteiger partial charge >= 0.3 is 0 Å². The van der Waals surface area contributed by atoms with Crippen LogP contribution >= 0.6 is 0 Å². The summed E-state index contributed by atoms with van der Waals surface area (Å²) in [5.41, 5.74) is 3.62. The minimum absolute atomic E-state index is 0.0506. The van der Waals surface area contributed by atoms with E-state index in [1.165, 1.54) is 6.21 Å². The van der Waals surface area contributed by atoms with E-state index in [0.717, 1.165) is 16.9 Å². The van der Waals surface area contributed by atoms with Gasteiger partial charge < -0.3 is 20.9 Å². The van der Waals surface area contributed by atoms with E-state index in [-0.39, 0.29) is 5.91 Å². The van der Waals surface area contributed by atoms with Crippen LogP contribution in [0.4, 0.5) is 11.4 Å². The van der Waals surface area contributed by atoms with Crippen molar-refractivity contribution < 1.29 is 4.79 Å². The number of nitrogens with zero attached hydrogens (tertiary/aromatic N) is 1. The van der Waals surface area contributed by atoms with Gasteiger partial charge in [-0.2, -0.15) is 0 Å². The first-order chi connectivity index (χ1) is 11.5. The molecule has 2 aromatic rings. The summed E-state index contributed by atoms with van der Waals surface area (Å²) in [7, 11) is 5.56. The Morgan fingerprint density at radius 2 is 1.83 bits per heavy atom. The van der Waals surface area contributed by atoms with Crippen molar-refractivity contribution in [2.24, 2.45) is 0 Å². The summed E-state index contributed by atoms with van der Waals surface area (Å²) in [6, 6.07) is 15.0. The first-order valence-corrected chi connectivity index (χ1v) is 7.49. The van der Waals surface area contributed by atoms with Crippen LogP contribution in [0.5, 0.6) is 0 Å². The minimum atomic E-state index is -0.0506. The largest absolute Gasteiger partial charge is 0.378 e. The smallest absolute Gasteiger partial charge is 0.251 e. The van der Waals surface area contributed by atoms with Gasteiger partial charge in [0.25, 0.3) is 5.91 Å². The van der Waals surface area contributed by atoms with Crippen molar-refractivity contribution >= 4 is 23.5 Å². The Morgan fingerprint density at radius 3 is 2.33 bits per heavy atom. The normalized spacial score (nSPS) is 9.12. The number of nitrogens with one attached hydrogen (secondary N) is 3. The summed E-state index contributed by atoms with van der Waals surface area (Å²) >= 11 is 0. The van der Waals surface area contributed by atoms with Gasteiger partial charge in [-0.15, -0.1) is 0 Å². The maximum atomic E-state index is 11.2. The van der Waals surface area contributed by atoms with Gasteiger partial charge in [-0.05, 0) is 48.2 Å². The topological polar surface area (TPSA) is 68.2 Å². The van der Waals surface area contributed by atoms with E-state index in [1.54, 1.807) is 13.2 Å². The molecule has 0 bridgehead atoms. The molecular formula is C19H24N4O. The van der Waals surface area contributed by atoms with Crippen LogP contribution in [0.2, 0.25) is 0 Å². The molecule has 126 valence electrons. The third-order valence-electron chi connectivity index (χ3n) is 3.19. The molecule has 1 amide bonds. The number of carbonyl (C=O) groups is 1. The minimum Gasteiger partial charge on any atom is -0.378 e. The quantitative estimate of drug-likeness (QED) is 0.739. The first kappa shape index (κ1) is 19.0. The van der Waals surface area contributed by atoms with Crippen molar-refractivity contribution in [3.05, 3.63) is 72.4 Å². The van der Waals surface area contributed by atoms with Gasteiger partial charge in [0, 0.05) is 44.3 Å². The van der Waals surface area contributed by atoms with Gasteiger partial charge in [0.1, 0.15) is 0 Å². The molecule has 3 N–H and O–H groups in total. The fourth-order valence-electron chi connectivity index (χ4n) is 1.89. The highest BCUT2D eigenvalue weighted by atomic mass is 16.1. The molecule has 0 radical (unpaired) electrons. The Balaban J connectivity index is 0.000000243. The van der Waals surface area contributed by atoms with Crippen molar-refractivity contribution in [1.82, 2.24) is 5.32 Å². The molecule has 0 fully saturated rings. The zero-order valence-corrected chi connectivity index (χ0v) is 14.3. The van der Waals surface area contributed by atoms with Crippen molar-refractivity contribution in [3.63, 3.8) is 0 Å². The van der Waals surface area contributed by atoms with E-state index in [0.29, 0.717) is 5.56 Å². The molecule has 5 heteroatoms. The number of benzene rings is 2. The maximum absolute atomic E-state index is 11.2. The van der Waals surface area contributed by atoms with Gasteiger partial charge in [0.2, 0.25) is 0 Å². The predicted molar refractivity (Wildman–Crippen MR) is 102 cm³/mol. The van der Waals surface area contributed by atoms with E-state index in [9.17, 15) is 4.79 Å². The highest BCUT2D eigenvalue weighted by molar-refractivity contribution is 5.94. The highest BCUT2D eigenvalue weighted by Gasteiger charge is 2.02. The summed E-state index contributed by atoms with van der Waals surface area (Å²) in [6.45, 7) is 3.54. The lowest BCUT2D eigenvalue weighted by molar-refractivity contribution is 0.0963. The molecule has 2 rings (SSSR count). The van der Waals surface area contributed by atoms with Crippen LogP contribution in [0.3, 0.4) is 0 Å². The molecule has 0 atom stereocenters. The lowest BCUT2D eigenvalue weighted by atomic mass is 10.2. The van der Waals surface area contributed by atoms with Crippen molar-refractivity contribution in [2.45, 2.75) is 0 Å². The summed E-state index contributed by atoms with van der Waals surface area (Å²) < 4.78 is 0. The van der Waals surface area contributed by atoms with Gasteiger partial charge in [0.15, 0.2) is 0 Å². The van der Waals surface area contributed by atoms with Crippen LogP contribution in [0.25, 0.3) is 0 Å². The summed E-state index contributed by atoms with van der Waals surface area (Å²) in [6.07, 6.45) is 2.93. The number of hydrogen-bond acceptors (Lipinski definition) is 4. The monoisotopic (exact) mass is 324 g/mol. The van der Waals surface area contributed by atoms with E-state index >= 15 is 0 Å². The standard InChI is InChI=1S/C10H14N2O.C9H10N2/c1-11-10(13)8-4-6-9(7-5-8)12(2)3;1-2-11-9-5-3-4-8(6-9)7-10/h4-7H,1-3H3,(H,11,13);2-7,10-11H,1H2. The molecule has 0 aliphatic rings. The Morgan fingerprint density at radius 1 is 1.17 bits per heavy atom. The Labute approximate surface area is 143 Å². The lowest BCUT2D eigenvalue weighted by Crippen LogP contribution is -2.17. The fraction of sp³-hybridized carbons (Fsp3) is 0.158. The van der Waals surface area contributed by atoms with Crippen LogP contribution < -0.4 is 15.5 Å². The molecular weight excluding hydrogens is 300 g/mol. The van der Waals surface area contributed by atoms with Gasteiger partial charge in [-0.3, -0.25) is 4.79 Å². The van der Waals surface area contributed by atoms with Gasteiger partial charge in [-0.1, -0.05) is 18.7 Å². The molecule has 0 saturated carbocycles. The van der Waals surface area contributed by atoms with Gasteiger partial charge in [0.05, 0.1) is 0 Å². The van der Waals surface area contributed by atoms with E-state index in [4.69, 9.17) is 5.41 Å². The maximum Gasteiger partial charge on any atom is 0.251 e. The van der Waals surface area contributed by atoms with Gasteiger partial charge in [-0.25, -0.2) is 0 Å². The van der Waals surface area contributed by atoms with E-state index in [2.05, 4.69) is 17.2 Å². The van der Waals surface area contributed by atoms with E-state index < -0.39 is 0 Å². The van der Waals surface area contributed by atoms with E-state index in [1.807, 2.05) is 67.5 Å². The van der Waals surface area contributed by atoms with Crippen LogP contribution in [-0.4, -0.2) is 33.3 Å².